The van der Waals surface area contributed by atoms with Crippen LogP contribution in [0, 0.1) is 6.92 Å². The Balaban J connectivity index is 2.19. The van der Waals surface area contributed by atoms with Crippen molar-refractivity contribution in [1.82, 2.24) is 9.97 Å². The minimum absolute atomic E-state index is 0.0935. The molecule has 3 N–H and O–H groups in total. The van der Waals surface area contributed by atoms with Gasteiger partial charge in [0.15, 0.2) is 0 Å². The van der Waals surface area contributed by atoms with Crippen molar-refractivity contribution < 1.29 is 4.79 Å². The minimum Gasteiger partial charge on any atom is -0.368 e. The van der Waals surface area contributed by atoms with Crippen LogP contribution < -0.4 is 11.1 Å². The highest BCUT2D eigenvalue weighted by Gasteiger charge is 2.09. The first-order chi connectivity index (χ1) is 8.54. The lowest BCUT2D eigenvalue weighted by Gasteiger charge is -2.05. The SMILES string of the molecule is Cc1cc(C(=O)Nc2ccc(Br)cc2)nc(N)n1. The number of halogens is 1. The van der Waals surface area contributed by atoms with E-state index in [-0.39, 0.29) is 17.5 Å². The molecule has 1 heterocycles. The number of aryl methyl sites for hydroxylation is 1. The van der Waals surface area contributed by atoms with Crippen LogP contribution in [0.5, 0.6) is 0 Å². The van der Waals surface area contributed by atoms with Crippen LogP contribution in [-0.2, 0) is 0 Å². The quantitative estimate of drug-likeness (QED) is 0.892. The molecule has 1 aromatic carbocycles. The number of aromatic nitrogens is 2. The lowest BCUT2D eigenvalue weighted by Crippen LogP contribution is -2.15. The van der Waals surface area contributed by atoms with Gasteiger partial charge in [-0.3, -0.25) is 4.79 Å². The monoisotopic (exact) mass is 306 g/mol. The number of nitrogens with two attached hydrogens (primary N) is 1. The fraction of sp³-hybridized carbons (Fsp3) is 0.0833. The first-order valence-corrected chi connectivity index (χ1v) is 6.02. The molecule has 5 nitrogen and oxygen atoms in total. The third-order valence-electron chi connectivity index (χ3n) is 2.21. The van der Waals surface area contributed by atoms with Gasteiger partial charge in [-0.2, -0.15) is 0 Å². The van der Waals surface area contributed by atoms with E-state index in [9.17, 15) is 4.79 Å². The summed E-state index contributed by atoms with van der Waals surface area (Å²) in [6.45, 7) is 1.76. The van der Waals surface area contributed by atoms with Crippen LogP contribution in [0.1, 0.15) is 16.2 Å². The van der Waals surface area contributed by atoms with Gasteiger partial charge in [-0.15, -0.1) is 0 Å². The molecule has 0 unspecified atom stereocenters. The van der Waals surface area contributed by atoms with E-state index in [1.54, 1.807) is 25.1 Å². The van der Waals surface area contributed by atoms with Gasteiger partial charge in [-0.25, -0.2) is 9.97 Å². The lowest BCUT2D eigenvalue weighted by atomic mass is 10.3. The van der Waals surface area contributed by atoms with Crippen molar-refractivity contribution in [2.75, 3.05) is 11.1 Å². The first kappa shape index (κ1) is 12.5. The highest BCUT2D eigenvalue weighted by Crippen LogP contribution is 2.15. The summed E-state index contributed by atoms with van der Waals surface area (Å²) in [7, 11) is 0. The van der Waals surface area contributed by atoms with Crippen LogP contribution >= 0.6 is 15.9 Å². The Hall–Kier alpha value is -1.95. The van der Waals surface area contributed by atoms with Gasteiger partial charge in [0.1, 0.15) is 5.69 Å². The third-order valence-corrected chi connectivity index (χ3v) is 2.73. The molecule has 92 valence electrons. The Bertz CT molecular complexity index is 563. The second kappa shape index (κ2) is 5.14. The van der Waals surface area contributed by atoms with Crippen LogP contribution in [0.2, 0.25) is 0 Å². The van der Waals surface area contributed by atoms with Crippen molar-refractivity contribution in [1.29, 1.82) is 0 Å². The van der Waals surface area contributed by atoms with Crippen LogP contribution in [0.3, 0.4) is 0 Å². The molecule has 0 saturated heterocycles. The van der Waals surface area contributed by atoms with Crippen molar-refractivity contribution in [3.05, 3.63) is 46.2 Å². The van der Waals surface area contributed by atoms with Crippen LogP contribution in [-0.4, -0.2) is 15.9 Å². The van der Waals surface area contributed by atoms with Crippen molar-refractivity contribution in [3.8, 4) is 0 Å². The summed E-state index contributed by atoms with van der Waals surface area (Å²) in [4.78, 5) is 19.7. The Morgan fingerprint density at radius 1 is 1.28 bits per heavy atom. The highest BCUT2D eigenvalue weighted by atomic mass is 79.9. The lowest BCUT2D eigenvalue weighted by molar-refractivity contribution is 0.102. The van der Waals surface area contributed by atoms with Gasteiger partial charge >= 0.3 is 0 Å². The Morgan fingerprint density at radius 2 is 1.94 bits per heavy atom. The molecule has 1 aromatic heterocycles. The molecule has 0 bridgehead atoms. The maximum absolute atomic E-state index is 11.9. The number of nitrogens with zero attached hydrogens (tertiary/aromatic N) is 2. The molecule has 6 heteroatoms. The van der Waals surface area contributed by atoms with Crippen molar-refractivity contribution in [3.63, 3.8) is 0 Å². The number of nitrogen functional groups attached to an aromatic ring is 1. The summed E-state index contributed by atoms with van der Waals surface area (Å²) in [5.41, 5.74) is 7.10. The number of carbonyl (C=O) groups is 1. The summed E-state index contributed by atoms with van der Waals surface area (Å²) in [6.07, 6.45) is 0. The van der Waals surface area contributed by atoms with Crippen LogP contribution in [0.4, 0.5) is 11.6 Å². The van der Waals surface area contributed by atoms with Crippen LogP contribution in [0.25, 0.3) is 0 Å². The van der Waals surface area contributed by atoms with Crippen molar-refractivity contribution >= 4 is 33.5 Å². The largest absolute Gasteiger partial charge is 0.368 e. The Labute approximate surface area is 113 Å². The molecule has 0 aliphatic rings. The average molecular weight is 307 g/mol. The molecule has 2 aromatic rings. The molecule has 0 atom stereocenters. The molecule has 18 heavy (non-hydrogen) atoms. The summed E-state index contributed by atoms with van der Waals surface area (Å²) in [6, 6.07) is 8.85. The molecule has 0 spiro atoms. The van der Waals surface area contributed by atoms with Gasteiger partial charge in [0.2, 0.25) is 5.95 Å². The number of hydrogen-bond donors (Lipinski definition) is 2. The second-order valence-electron chi connectivity index (χ2n) is 3.71. The third kappa shape index (κ3) is 3.04. The van der Waals surface area contributed by atoms with E-state index in [1.807, 2.05) is 12.1 Å². The molecule has 0 aliphatic carbocycles. The Kier molecular flexibility index (Phi) is 3.57. The van der Waals surface area contributed by atoms with Gasteiger partial charge in [-0.1, -0.05) is 15.9 Å². The van der Waals surface area contributed by atoms with Gasteiger partial charge in [0.05, 0.1) is 0 Å². The first-order valence-electron chi connectivity index (χ1n) is 5.22. The zero-order chi connectivity index (χ0) is 13.1. The van der Waals surface area contributed by atoms with E-state index in [2.05, 4.69) is 31.2 Å². The summed E-state index contributed by atoms with van der Waals surface area (Å²) in [5.74, 6) is -0.217. The fourth-order valence-corrected chi connectivity index (χ4v) is 1.70. The van der Waals surface area contributed by atoms with Gasteiger partial charge in [-0.05, 0) is 37.3 Å². The van der Waals surface area contributed by atoms with E-state index in [0.29, 0.717) is 11.4 Å². The van der Waals surface area contributed by atoms with Gasteiger partial charge < -0.3 is 11.1 Å². The normalized spacial score (nSPS) is 10.1. The van der Waals surface area contributed by atoms with E-state index in [4.69, 9.17) is 5.73 Å². The number of carbonyl (C=O) groups excluding carboxylic acids is 1. The number of benzene rings is 1. The minimum atomic E-state index is -0.311. The molecule has 0 saturated carbocycles. The maximum atomic E-state index is 11.9. The average Bonchev–Trinajstić information content (AvgIpc) is 2.31. The number of nitrogens with one attached hydrogen (secondary N) is 1. The zero-order valence-corrected chi connectivity index (χ0v) is 11.2. The highest BCUT2D eigenvalue weighted by molar-refractivity contribution is 9.10. The fourth-order valence-electron chi connectivity index (χ4n) is 1.44. The summed E-state index contributed by atoms with van der Waals surface area (Å²) < 4.78 is 0.947. The molecule has 2 rings (SSSR count). The van der Waals surface area contributed by atoms with Gasteiger partial charge in [0.25, 0.3) is 5.91 Å². The smallest absolute Gasteiger partial charge is 0.274 e. The van der Waals surface area contributed by atoms with E-state index in [0.717, 1.165) is 4.47 Å². The Morgan fingerprint density at radius 3 is 2.56 bits per heavy atom. The topological polar surface area (TPSA) is 80.9 Å². The van der Waals surface area contributed by atoms with E-state index < -0.39 is 0 Å². The number of hydrogen-bond acceptors (Lipinski definition) is 4. The zero-order valence-electron chi connectivity index (χ0n) is 9.64. The van der Waals surface area contributed by atoms with Crippen molar-refractivity contribution in [2.45, 2.75) is 6.92 Å². The van der Waals surface area contributed by atoms with Gasteiger partial charge in [0, 0.05) is 15.9 Å². The predicted octanol–water partition coefficient (Wildman–Crippen LogP) is 2.38. The molecular formula is C12H11BrN4O. The summed E-state index contributed by atoms with van der Waals surface area (Å²) >= 11 is 3.33. The molecule has 0 aliphatic heterocycles. The maximum Gasteiger partial charge on any atom is 0.274 e. The molecule has 0 fully saturated rings. The van der Waals surface area contributed by atoms with E-state index in [1.165, 1.54) is 0 Å². The number of anilines is 2. The second-order valence-corrected chi connectivity index (χ2v) is 4.63. The van der Waals surface area contributed by atoms with Crippen molar-refractivity contribution in [2.24, 2.45) is 0 Å². The molecule has 0 radical (unpaired) electrons. The van der Waals surface area contributed by atoms with Crippen LogP contribution in [0.15, 0.2) is 34.8 Å². The predicted molar refractivity (Wildman–Crippen MR) is 73.3 cm³/mol. The number of rotatable bonds is 2. The van der Waals surface area contributed by atoms with E-state index >= 15 is 0 Å². The standard InChI is InChI=1S/C12H11BrN4O/c1-7-6-10(17-12(14)15-7)11(18)16-9-4-2-8(13)3-5-9/h2-6H,1H3,(H,16,18)(H2,14,15,17). The molecule has 1 amide bonds. The number of amides is 1. The molecular weight excluding hydrogens is 296 g/mol. The summed E-state index contributed by atoms with van der Waals surface area (Å²) in [5, 5.41) is 2.73.